The summed E-state index contributed by atoms with van der Waals surface area (Å²) in [6, 6.07) is 12.8. The van der Waals surface area contributed by atoms with Gasteiger partial charge in [-0.1, -0.05) is 44.2 Å². The van der Waals surface area contributed by atoms with E-state index in [1.165, 1.54) is 24.9 Å². The van der Waals surface area contributed by atoms with Gasteiger partial charge in [0.15, 0.2) is 0 Å². The maximum atomic E-state index is 3.64. The maximum absolute atomic E-state index is 3.64. The van der Waals surface area contributed by atoms with Crippen LogP contribution in [0.2, 0.25) is 0 Å². The van der Waals surface area contributed by atoms with E-state index in [9.17, 15) is 0 Å². The summed E-state index contributed by atoms with van der Waals surface area (Å²) in [6.45, 7) is 9.19. The second-order valence-electron chi connectivity index (χ2n) is 5.39. The van der Waals surface area contributed by atoms with Crippen LogP contribution in [0.4, 0.5) is 0 Å². The van der Waals surface area contributed by atoms with Gasteiger partial charge in [-0.15, -0.1) is 0 Å². The zero-order valence-electron chi connectivity index (χ0n) is 11.9. The SMILES string of the molecule is CCC1CN(C(CC)c2ccccc2)C(C)CN1. The molecule has 1 saturated heterocycles. The smallest absolute Gasteiger partial charge is 0.0349 e. The van der Waals surface area contributed by atoms with Crippen LogP contribution in [0.3, 0.4) is 0 Å². The Morgan fingerprint density at radius 2 is 2.00 bits per heavy atom. The Kier molecular flexibility index (Phi) is 4.79. The van der Waals surface area contributed by atoms with Gasteiger partial charge in [0.25, 0.3) is 0 Å². The van der Waals surface area contributed by atoms with E-state index in [2.05, 4.69) is 61.3 Å². The van der Waals surface area contributed by atoms with Gasteiger partial charge in [-0.25, -0.2) is 0 Å². The van der Waals surface area contributed by atoms with Crippen LogP contribution < -0.4 is 5.32 Å². The van der Waals surface area contributed by atoms with Crippen LogP contribution in [0.15, 0.2) is 30.3 Å². The second-order valence-corrected chi connectivity index (χ2v) is 5.39. The Labute approximate surface area is 111 Å². The third kappa shape index (κ3) is 2.93. The molecule has 2 rings (SSSR count). The second kappa shape index (κ2) is 6.35. The fourth-order valence-corrected chi connectivity index (χ4v) is 3.00. The molecule has 18 heavy (non-hydrogen) atoms. The molecule has 1 fully saturated rings. The molecule has 0 radical (unpaired) electrons. The van der Waals surface area contributed by atoms with Crippen LogP contribution in [0.1, 0.15) is 45.2 Å². The highest BCUT2D eigenvalue weighted by molar-refractivity contribution is 5.19. The molecular weight excluding hydrogens is 220 g/mol. The molecule has 0 aliphatic carbocycles. The van der Waals surface area contributed by atoms with Gasteiger partial charge in [-0.05, 0) is 25.3 Å². The maximum Gasteiger partial charge on any atom is 0.0349 e. The van der Waals surface area contributed by atoms with Crippen molar-refractivity contribution in [2.45, 2.75) is 51.7 Å². The summed E-state index contributed by atoms with van der Waals surface area (Å²) < 4.78 is 0. The van der Waals surface area contributed by atoms with E-state index < -0.39 is 0 Å². The summed E-state index contributed by atoms with van der Waals surface area (Å²) in [5.41, 5.74) is 1.46. The number of hydrogen-bond acceptors (Lipinski definition) is 2. The lowest BCUT2D eigenvalue weighted by Crippen LogP contribution is -2.55. The van der Waals surface area contributed by atoms with E-state index >= 15 is 0 Å². The number of rotatable bonds is 4. The Hall–Kier alpha value is -0.860. The van der Waals surface area contributed by atoms with Crippen molar-refractivity contribution in [3.63, 3.8) is 0 Å². The normalized spacial score (nSPS) is 27.1. The number of hydrogen-bond donors (Lipinski definition) is 1. The zero-order valence-corrected chi connectivity index (χ0v) is 11.9. The van der Waals surface area contributed by atoms with Gasteiger partial charge < -0.3 is 5.32 Å². The largest absolute Gasteiger partial charge is 0.311 e. The van der Waals surface area contributed by atoms with Crippen LogP contribution in [-0.2, 0) is 0 Å². The lowest BCUT2D eigenvalue weighted by Gasteiger charge is -2.43. The van der Waals surface area contributed by atoms with Crippen molar-refractivity contribution in [3.8, 4) is 0 Å². The van der Waals surface area contributed by atoms with Gasteiger partial charge in [-0.3, -0.25) is 4.90 Å². The molecule has 100 valence electrons. The van der Waals surface area contributed by atoms with Gasteiger partial charge in [-0.2, -0.15) is 0 Å². The molecule has 3 unspecified atom stereocenters. The molecule has 1 aromatic carbocycles. The van der Waals surface area contributed by atoms with Gasteiger partial charge in [0.1, 0.15) is 0 Å². The standard InChI is InChI=1S/C16H26N2/c1-4-15-12-18(13(3)11-17-15)16(5-2)14-9-7-6-8-10-14/h6-10,13,15-17H,4-5,11-12H2,1-3H3. The Morgan fingerprint density at radius 3 is 2.61 bits per heavy atom. The Morgan fingerprint density at radius 1 is 1.28 bits per heavy atom. The van der Waals surface area contributed by atoms with E-state index in [4.69, 9.17) is 0 Å². The Bertz CT molecular complexity index is 349. The van der Waals surface area contributed by atoms with Crippen LogP contribution in [-0.4, -0.2) is 30.1 Å². The summed E-state index contributed by atoms with van der Waals surface area (Å²) in [4.78, 5) is 2.68. The molecule has 1 N–H and O–H groups in total. The lowest BCUT2D eigenvalue weighted by molar-refractivity contribution is 0.0867. The minimum absolute atomic E-state index is 0.567. The van der Waals surface area contributed by atoms with Gasteiger partial charge in [0, 0.05) is 31.2 Å². The van der Waals surface area contributed by atoms with Crippen molar-refractivity contribution in [1.29, 1.82) is 0 Å². The fraction of sp³-hybridized carbons (Fsp3) is 0.625. The highest BCUT2D eigenvalue weighted by Crippen LogP contribution is 2.27. The van der Waals surface area contributed by atoms with Crippen LogP contribution >= 0.6 is 0 Å². The van der Waals surface area contributed by atoms with Crippen LogP contribution in [0.5, 0.6) is 0 Å². The molecule has 0 saturated carbocycles. The third-order valence-electron chi connectivity index (χ3n) is 4.16. The van der Waals surface area contributed by atoms with Crippen molar-refractivity contribution >= 4 is 0 Å². The first-order valence-corrected chi connectivity index (χ1v) is 7.30. The summed E-state index contributed by atoms with van der Waals surface area (Å²) in [5.74, 6) is 0. The van der Waals surface area contributed by atoms with Crippen molar-refractivity contribution in [3.05, 3.63) is 35.9 Å². The zero-order chi connectivity index (χ0) is 13.0. The van der Waals surface area contributed by atoms with Gasteiger partial charge in [0.2, 0.25) is 0 Å². The summed E-state index contributed by atoms with van der Waals surface area (Å²) in [7, 11) is 0. The van der Waals surface area contributed by atoms with Crippen molar-refractivity contribution < 1.29 is 0 Å². The van der Waals surface area contributed by atoms with Gasteiger partial charge in [0.05, 0.1) is 0 Å². The summed E-state index contributed by atoms with van der Waals surface area (Å²) in [6.07, 6.45) is 2.40. The molecule has 2 nitrogen and oxygen atoms in total. The highest BCUT2D eigenvalue weighted by Gasteiger charge is 2.29. The van der Waals surface area contributed by atoms with E-state index in [0.717, 1.165) is 6.54 Å². The minimum atomic E-state index is 0.567. The molecule has 1 aromatic rings. The average Bonchev–Trinajstić information content (AvgIpc) is 2.43. The highest BCUT2D eigenvalue weighted by atomic mass is 15.2. The van der Waals surface area contributed by atoms with E-state index in [1.807, 2.05) is 0 Å². The molecule has 2 heteroatoms. The van der Waals surface area contributed by atoms with Crippen molar-refractivity contribution in [1.82, 2.24) is 10.2 Å². The van der Waals surface area contributed by atoms with Crippen molar-refractivity contribution in [2.24, 2.45) is 0 Å². The molecule has 1 aliphatic rings. The number of nitrogens with zero attached hydrogens (tertiary/aromatic N) is 1. The molecule has 0 bridgehead atoms. The van der Waals surface area contributed by atoms with E-state index in [-0.39, 0.29) is 0 Å². The van der Waals surface area contributed by atoms with E-state index in [0.29, 0.717) is 18.1 Å². The molecule has 1 heterocycles. The topological polar surface area (TPSA) is 15.3 Å². The number of benzene rings is 1. The van der Waals surface area contributed by atoms with E-state index in [1.54, 1.807) is 0 Å². The molecule has 1 aliphatic heterocycles. The predicted octanol–water partition coefficient (Wildman–Crippen LogP) is 3.21. The minimum Gasteiger partial charge on any atom is -0.311 e. The first-order valence-electron chi connectivity index (χ1n) is 7.30. The fourth-order valence-electron chi connectivity index (χ4n) is 3.00. The van der Waals surface area contributed by atoms with Gasteiger partial charge >= 0.3 is 0 Å². The summed E-state index contributed by atoms with van der Waals surface area (Å²) >= 11 is 0. The third-order valence-corrected chi connectivity index (χ3v) is 4.16. The summed E-state index contributed by atoms with van der Waals surface area (Å²) in [5, 5.41) is 3.64. The lowest BCUT2D eigenvalue weighted by atomic mass is 9.98. The molecule has 0 spiro atoms. The molecular formula is C16H26N2. The Balaban J connectivity index is 2.15. The molecule has 3 atom stereocenters. The molecule has 0 aromatic heterocycles. The van der Waals surface area contributed by atoms with Crippen LogP contribution in [0.25, 0.3) is 0 Å². The predicted molar refractivity (Wildman–Crippen MR) is 77.7 cm³/mol. The van der Waals surface area contributed by atoms with Crippen molar-refractivity contribution in [2.75, 3.05) is 13.1 Å². The van der Waals surface area contributed by atoms with Crippen LogP contribution in [0, 0.1) is 0 Å². The first-order chi connectivity index (χ1) is 8.76. The average molecular weight is 246 g/mol. The molecule has 0 amide bonds. The monoisotopic (exact) mass is 246 g/mol. The number of piperazine rings is 1. The quantitative estimate of drug-likeness (QED) is 0.877. The first kappa shape index (κ1) is 13.6. The number of nitrogens with one attached hydrogen (secondary N) is 1.